The molecule has 1 fully saturated rings. The average Bonchev–Trinajstić information content (AvgIpc) is 2.32. The van der Waals surface area contributed by atoms with Crippen molar-refractivity contribution in [1.29, 1.82) is 0 Å². The molecule has 0 aromatic carbocycles. The Hall–Kier alpha value is -1.00. The topological polar surface area (TPSA) is 71.1 Å². The number of allylic oxidation sites excluding steroid dienone is 1. The quantitative estimate of drug-likeness (QED) is 0.565. The van der Waals surface area contributed by atoms with Crippen molar-refractivity contribution in [3.63, 3.8) is 0 Å². The van der Waals surface area contributed by atoms with E-state index in [-0.39, 0.29) is 6.61 Å². The van der Waals surface area contributed by atoms with Crippen LogP contribution in [-0.2, 0) is 28.5 Å². The third-order valence-electron chi connectivity index (χ3n) is 3.19. The van der Waals surface area contributed by atoms with Crippen molar-refractivity contribution in [1.82, 2.24) is 0 Å². The first-order valence-electron chi connectivity index (χ1n) is 6.69. The van der Waals surface area contributed by atoms with Gasteiger partial charge in [-0.1, -0.05) is 0 Å². The van der Waals surface area contributed by atoms with E-state index in [4.69, 9.17) is 14.2 Å². The second kappa shape index (κ2) is 5.89. The van der Waals surface area contributed by atoms with Crippen molar-refractivity contribution in [2.24, 2.45) is 0 Å². The summed E-state index contributed by atoms with van der Waals surface area (Å²) in [5, 5.41) is 0. The first-order valence-corrected chi connectivity index (χ1v) is 8.10. The van der Waals surface area contributed by atoms with Gasteiger partial charge >= 0.3 is 15.6 Å². The standard InChI is InChI=1S/C12H17F3O6S/c1-11(2)18-7-9-8(20-11)5-3-4-6-10(19-9)21-22(16,17)12(13,14)15/h6,8-9H,3-5,7H2,1-2H3/b10-6+/t8-,9+/m1/s1. The number of ether oxygens (including phenoxy) is 3. The Bertz CT molecular complexity index is 540. The highest BCUT2D eigenvalue weighted by Gasteiger charge is 2.50. The number of fused-ring (bicyclic) bond motifs is 1. The summed E-state index contributed by atoms with van der Waals surface area (Å²) in [5.41, 5.74) is -5.51. The van der Waals surface area contributed by atoms with Crippen LogP contribution in [0.4, 0.5) is 13.2 Å². The molecule has 2 aliphatic rings. The van der Waals surface area contributed by atoms with E-state index in [1.807, 2.05) is 0 Å². The molecule has 0 N–H and O–H groups in total. The van der Waals surface area contributed by atoms with Crippen LogP contribution in [0.3, 0.4) is 0 Å². The molecule has 0 aromatic rings. The molecule has 0 spiro atoms. The summed E-state index contributed by atoms with van der Waals surface area (Å²) in [5.74, 6) is -1.52. The molecule has 0 bridgehead atoms. The zero-order valence-electron chi connectivity index (χ0n) is 12.1. The minimum atomic E-state index is -5.76. The van der Waals surface area contributed by atoms with Crippen molar-refractivity contribution in [2.75, 3.05) is 6.61 Å². The van der Waals surface area contributed by atoms with Crippen LogP contribution in [0.1, 0.15) is 33.1 Å². The molecular formula is C12H17F3O6S. The van der Waals surface area contributed by atoms with Gasteiger partial charge in [0.15, 0.2) is 11.9 Å². The highest BCUT2D eigenvalue weighted by molar-refractivity contribution is 7.87. The molecule has 2 aliphatic heterocycles. The molecule has 2 rings (SSSR count). The van der Waals surface area contributed by atoms with Crippen molar-refractivity contribution in [2.45, 2.75) is 56.6 Å². The SMILES string of the molecule is CC1(C)OC[C@@H]2O/C(OS(=O)(=O)C(F)(F)F)=C\CCC[C@H]2O1. The summed E-state index contributed by atoms with van der Waals surface area (Å²) in [7, 11) is -5.76. The zero-order valence-corrected chi connectivity index (χ0v) is 12.9. The second-order valence-corrected chi connectivity index (χ2v) is 7.00. The Balaban J connectivity index is 2.12. The molecule has 22 heavy (non-hydrogen) atoms. The van der Waals surface area contributed by atoms with Gasteiger partial charge in [0.1, 0.15) is 6.10 Å². The van der Waals surface area contributed by atoms with Crippen LogP contribution in [0.5, 0.6) is 0 Å². The lowest BCUT2D eigenvalue weighted by Crippen LogP contribution is -2.50. The molecule has 6 nitrogen and oxygen atoms in total. The highest BCUT2D eigenvalue weighted by Crippen LogP contribution is 2.32. The Kier molecular flexibility index (Phi) is 4.65. The number of rotatable bonds is 2. The predicted octanol–water partition coefficient (Wildman–Crippen LogP) is 2.41. The van der Waals surface area contributed by atoms with E-state index in [1.54, 1.807) is 13.8 Å². The average molecular weight is 346 g/mol. The summed E-state index contributed by atoms with van der Waals surface area (Å²) in [6.45, 7) is 3.48. The molecule has 2 atom stereocenters. The Morgan fingerprint density at radius 3 is 2.64 bits per heavy atom. The van der Waals surface area contributed by atoms with Crippen LogP contribution in [0.25, 0.3) is 0 Å². The fraction of sp³-hybridized carbons (Fsp3) is 0.833. The molecular weight excluding hydrogens is 329 g/mol. The van der Waals surface area contributed by atoms with Crippen molar-refractivity contribution >= 4 is 10.1 Å². The van der Waals surface area contributed by atoms with Gasteiger partial charge in [0.05, 0.1) is 6.61 Å². The van der Waals surface area contributed by atoms with Gasteiger partial charge in [-0.2, -0.15) is 21.6 Å². The van der Waals surface area contributed by atoms with Gasteiger partial charge < -0.3 is 18.4 Å². The van der Waals surface area contributed by atoms with Crippen LogP contribution in [0.15, 0.2) is 12.0 Å². The summed E-state index contributed by atoms with van der Waals surface area (Å²) in [6.07, 6.45) is 1.57. The fourth-order valence-electron chi connectivity index (χ4n) is 2.16. The first-order chi connectivity index (χ1) is 10.0. The fourth-order valence-corrected chi connectivity index (χ4v) is 2.58. The lowest BCUT2D eigenvalue weighted by Gasteiger charge is -2.41. The third kappa shape index (κ3) is 4.05. The smallest absolute Gasteiger partial charge is 0.456 e. The minimum Gasteiger partial charge on any atom is -0.456 e. The number of hydrogen-bond acceptors (Lipinski definition) is 6. The lowest BCUT2D eigenvalue weighted by molar-refractivity contribution is -0.310. The molecule has 2 heterocycles. The summed E-state index contributed by atoms with van der Waals surface area (Å²) < 4.78 is 79.5. The van der Waals surface area contributed by atoms with Gasteiger partial charge in [-0.15, -0.1) is 0 Å². The summed E-state index contributed by atoms with van der Waals surface area (Å²) in [4.78, 5) is 0. The summed E-state index contributed by atoms with van der Waals surface area (Å²) >= 11 is 0. The number of halogens is 3. The van der Waals surface area contributed by atoms with Crippen molar-refractivity contribution in [3.8, 4) is 0 Å². The molecule has 0 aliphatic carbocycles. The summed E-state index contributed by atoms with van der Waals surface area (Å²) in [6, 6.07) is 0. The van der Waals surface area contributed by atoms with Crippen LogP contribution in [0.2, 0.25) is 0 Å². The maximum absolute atomic E-state index is 12.4. The Morgan fingerprint density at radius 2 is 2.00 bits per heavy atom. The first kappa shape index (κ1) is 17.4. The molecule has 0 aromatic heterocycles. The third-order valence-corrected chi connectivity index (χ3v) is 4.14. The van der Waals surface area contributed by atoms with E-state index in [9.17, 15) is 21.6 Å². The number of hydrogen-bond donors (Lipinski definition) is 0. The van der Waals surface area contributed by atoms with E-state index in [1.165, 1.54) is 6.08 Å². The maximum atomic E-state index is 12.4. The lowest BCUT2D eigenvalue weighted by atomic mass is 10.0. The van der Waals surface area contributed by atoms with E-state index in [0.717, 1.165) is 0 Å². The molecule has 0 saturated carbocycles. The molecule has 128 valence electrons. The van der Waals surface area contributed by atoms with E-state index in [0.29, 0.717) is 19.3 Å². The molecule has 10 heteroatoms. The largest absolute Gasteiger partial charge is 0.534 e. The highest BCUT2D eigenvalue weighted by atomic mass is 32.2. The van der Waals surface area contributed by atoms with Gasteiger partial charge in [0, 0.05) is 0 Å². The van der Waals surface area contributed by atoms with E-state index >= 15 is 0 Å². The number of alkyl halides is 3. The second-order valence-electron chi connectivity index (χ2n) is 5.46. The molecule has 0 radical (unpaired) electrons. The van der Waals surface area contributed by atoms with Crippen LogP contribution in [-0.4, -0.2) is 38.5 Å². The zero-order chi connectivity index (χ0) is 16.6. The maximum Gasteiger partial charge on any atom is 0.534 e. The van der Waals surface area contributed by atoms with Gasteiger partial charge in [0.25, 0.3) is 5.95 Å². The van der Waals surface area contributed by atoms with Crippen LogP contribution in [0, 0.1) is 0 Å². The van der Waals surface area contributed by atoms with Gasteiger partial charge in [0.2, 0.25) is 0 Å². The minimum absolute atomic E-state index is 0.0600. The Morgan fingerprint density at radius 1 is 1.32 bits per heavy atom. The van der Waals surface area contributed by atoms with E-state index in [2.05, 4.69) is 4.18 Å². The van der Waals surface area contributed by atoms with Crippen molar-refractivity contribution < 1.29 is 40.0 Å². The van der Waals surface area contributed by atoms with E-state index < -0.39 is 39.6 Å². The van der Waals surface area contributed by atoms with Gasteiger partial charge in [-0.05, 0) is 39.2 Å². The molecule has 0 unspecified atom stereocenters. The van der Waals surface area contributed by atoms with Crippen LogP contribution < -0.4 is 0 Å². The molecule has 0 amide bonds. The van der Waals surface area contributed by atoms with Gasteiger partial charge in [-0.3, -0.25) is 0 Å². The van der Waals surface area contributed by atoms with Gasteiger partial charge in [-0.25, -0.2) is 0 Å². The predicted molar refractivity (Wildman–Crippen MR) is 67.8 cm³/mol. The van der Waals surface area contributed by atoms with Crippen molar-refractivity contribution in [3.05, 3.63) is 12.0 Å². The van der Waals surface area contributed by atoms with Crippen LogP contribution >= 0.6 is 0 Å². The monoisotopic (exact) mass is 346 g/mol. The Labute approximate surface area is 126 Å². The molecule has 1 saturated heterocycles. The normalized spacial score (nSPS) is 31.8.